The molecule has 5 amide bonds. The Morgan fingerprint density at radius 1 is 0.850 bits per heavy atom. The quantitative estimate of drug-likeness (QED) is 0.503. The van der Waals surface area contributed by atoms with Gasteiger partial charge in [0.05, 0.1) is 11.1 Å². The summed E-state index contributed by atoms with van der Waals surface area (Å²) in [5.74, 6) is -1.06. The molecule has 0 aromatic heterocycles. The SMILES string of the molecule is O=C1NC(O)CCC1N1C(=O)c2ccc(N3CCC(CN4CCCN(c5cccc(Br)c5)C4=O)CC3)cc2C1=O. The average Bonchev–Trinajstić information content (AvgIpc) is 3.19. The second kappa shape index (κ2) is 10.9. The lowest BCUT2D eigenvalue weighted by Gasteiger charge is -2.40. The highest BCUT2D eigenvalue weighted by Crippen LogP contribution is 2.33. The molecule has 2 aromatic rings. The number of amides is 5. The Morgan fingerprint density at radius 3 is 2.38 bits per heavy atom. The molecule has 4 heterocycles. The number of hydrogen-bond donors (Lipinski definition) is 2. The fourth-order valence-corrected chi connectivity index (χ4v) is 6.66. The van der Waals surface area contributed by atoms with Gasteiger partial charge in [-0.2, -0.15) is 0 Å². The Bertz CT molecular complexity index is 1360. The smallest absolute Gasteiger partial charge is 0.324 e. The molecule has 2 aromatic carbocycles. The zero-order valence-electron chi connectivity index (χ0n) is 22.1. The van der Waals surface area contributed by atoms with Gasteiger partial charge in [0.15, 0.2) is 0 Å². The van der Waals surface area contributed by atoms with E-state index in [0.29, 0.717) is 23.6 Å². The zero-order chi connectivity index (χ0) is 28.0. The van der Waals surface area contributed by atoms with E-state index in [2.05, 4.69) is 26.1 Å². The number of carbonyl (C=O) groups is 4. The lowest BCUT2D eigenvalue weighted by Crippen LogP contribution is -2.55. The van der Waals surface area contributed by atoms with E-state index in [1.54, 1.807) is 12.1 Å². The van der Waals surface area contributed by atoms with Crippen LogP contribution in [0.5, 0.6) is 0 Å². The molecule has 4 aliphatic rings. The zero-order valence-corrected chi connectivity index (χ0v) is 23.7. The molecule has 210 valence electrons. The molecule has 4 aliphatic heterocycles. The van der Waals surface area contributed by atoms with E-state index in [9.17, 15) is 24.3 Å². The van der Waals surface area contributed by atoms with E-state index in [0.717, 1.165) is 66.2 Å². The number of imide groups is 1. The van der Waals surface area contributed by atoms with Crippen molar-refractivity contribution in [1.29, 1.82) is 0 Å². The molecule has 10 nitrogen and oxygen atoms in total. The molecule has 0 spiro atoms. The van der Waals surface area contributed by atoms with Gasteiger partial charge in [0.25, 0.3) is 11.8 Å². The predicted molar refractivity (Wildman–Crippen MR) is 152 cm³/mol. The lowest BCUT2D eigenvalue weighted by atomic mass is 9.95. The number of urea groups is 1. The van der Waals surface area contributed by atoms with Crippen molar-refractivity contribution < 1.29 is 24.3 Å². The van der Waals surface area contributed by atoms with Gasteiger partial charge in [-0.25, -0.2) is 4.79 Å². The highest BCUT2D eigenvalue weighted by atomic mass is 79.9. The van der Waals surface area contributed by atoms with Crippen LogP contribution in [-0.4, -0.2) is 83.7 Å². The fraction of sp³-hybridized carbons (Fsp3) is 0.448. The van der Waals surface area contributed by atoms with Crippen LogP contribution in [-0.2, 0) is 4.79 Å². The normalized spacial score (nSPS) is 24.1. The molecule has 3 saturated heterocycles. The van der Waals surface area contributed by atoms with Crippen molar-refractivity contribution >= 4 is 51.1 Å². The van der Waals surface area contributed by atoms with Crippen LogP contribution in [0.2, 0.25) is 0 Å². The number of carbonyl (C=O) groups excluding carboxylic acids is 4. The van der Waals surface area contributed by atoms with Crippen LogP contribution in [0.15, 0.2) is 46.9 Å². The highest BCUT2D eigenvalue weighted by Gasteiger charge is 2.44. The lowest BCUT2D eigenvalue weighted by molar-refractivity contribution is -0.131. The Kier molecular flexibility index (Phi) is 7.26. The van der Waals surface area contributed by atoms with Crippen LogP contribution in [0, 0.1) is 5.92 Å². The number of nitrogens with zero attached hydrogens (tertiary/aromatic N) is 4. The standard InChI is InChI=1S/C29H32BrN5O5/c30-19-3-1-4-21(15-19)34-12-2-11-33(29(34)40)17-18-9-13-32(14-10-18)20-5-6-22-23(16-20)28(39)35(27(22)38)24-7-8-25(36)31-26(24)37/h1,3-6,15-16,18,24-25,36H,2,7-14,17H2,(H,31,37). The molecule has 11 heteroatoms. The molecule has 0 saturated carbocycles. The third-order valence-corrected chi connectivity index (χ3v) is 8.92. The molecular weight excluding hydrogens is 578 g/mol. The Morgan fingerprint density at radius 2 is 1.62 bits per heavy atom. The van der Waals surface area contributed by atoms with Gasteiger partial charge < -0.3 is 20.2 Å². The van der Waals surface area contributed by atoms with E-state index >= 15 is 0 Å². The number of nitrogens with one attached hydrogen (secondary N) is 1. The van der Waals surface area contributed by atoms with Crippen LogP contribution < -0.4 is 15.1 Å². The molecule has 0 bridgehead atoms. The molecule has 40 heavy (non-hydrogen) atoms. The van der Waals surface area contributed by atoms with Crippen LogP contribution in [0.25, 0.3) is 0 Å². The molecular formula is C29H32BrN5O5. The van der Waals surface area contributed by atoms with Crippen molar-refractivity contribution in [3.8, 4) is 0 Å². The maximum atomic E-state index is 13.3. The van der Waals surface area contributed by atoms with Gasteiger partial charge in [-0.15, -0.1) is 0 Å². The number of piperidine rings is 2. The second-order valence-corrected chi connectivity index (χ2v) is 11.9. The van der Waals surface area contributed by atoms with Crippen molar-refractivity contribution in [2.75, 3.05) is 42.5 Å². The Balaban J connectivity index is 1.08. The maximum absolute atomic E-state index is 13.3. The first-order chi connectivity index (χ1) is 19.3. The third kappa shape index (κ3) is 4.96. The summed E-state index contributed by atoms with van der Waals surface area (Å²) < 4.78 is 0.951. The summed E-state index contributed by atoms with van der Waals surface area (Å²) in [6, 6.07) is 12.3. The summed E-state index contributed by atoms with van der Waals surface area (Å²) in [6.07, 6.45) is 2.34. The first-order valence-corrected chi connectivity index (χ1v) is 14.7. The molecule has 2 N–H and O–H groups in total. The molecule has 0 aliphatic carbocycles. The van der Waals surface area contributed by atoms with E-state index in [4.69, 9.17) is 0 Å². The van der Waals surface area contributed by atoms with E-state index in [-0.39, 0.29) is 18.9 Å². The second-order valence-electron chi connectivity index (χ2n) is 11.0. The van der Waals surface area contributed by atoms with Crippen LogP contribution in [0.3, 0.4) is 0 Å². The number of hydrogen-bond acceptors (Lipinski definition) is 6. The molecule has 2 unspecified atom stereocenters. The van der Waals surface area contributed by atoms with Gasteiger partial charge in [0.1, 0.15) is 12.3 Å². The number of halogens is 1. The van der Waals surface area contributed by atoms with Gasteiger partial charge in [-0.1, -0.05) is 22.0 Å². The van der Waals surface area contributed by atoms with Crippen LogP contribution in [0.4, 0.5) is 16.2 Å². The van der Waals surface area contributed by atoms with Gasteiger partial charge in [-0.05, 0) is 74.4 Å². The van der Waals surface area contributed by atoms with Crippen molar-refractivity contribution in [1.82, 2.24) is 15.1 Å². The third-order valence-electron chi connectivity index (χ3n) is 8.43. The van der Waals surface area contributed by atoms with Crippen molar-refractivity contribution in [2.24, 2.45) is 5.92 Å². The van der Waals surface area contributed by atoms with Gasteiger partial charge in [0, 0.05) is 48.6 Å². The minimum absolute atomic E-state index is 0.0549. The van der Waals surface area contributed by atoms with Gasteiger partial charge >= 0.3 is 6.03 Å². The Hall–Kier alpha value is -3.44. The van der Waals surface area contributed by atoms with Gasteiger partial charge in [0.2, 0.25) is 5.91 Å². The topological polar surface area (TPSA) is 113 Å². The first-order valence-electron chi connectivity index (χ1n) is 13.9. The summed E-state index contributed by atoms with van der Waals surface area (Å²) in [6.45, 7) is 3.78. The van der Waals surface area contributed by atoms with E-state index in [1.807, 2.05) is 40.1 Å². The summed E-state index contributed by atoms with van der Waals surface area (Å²) in [5.41, 5.74) is 2.40. The summed E-state index contributed by atoms with van der Waals surface area (Å²) in [5, 5.41) is 12.1. The largest absolute Gasteiger partial charge is 0.374 e. The summed E-state index contributed by atoms with van der Waals surface area (Å²) in [4.78, 5) is 59.0. The summed E-state index contributed by atoms with van der Waals surface area (Å²) >= 11 is 3.50. The molecule has 0 radical (unpaired) electrons. The van der Waals surface area contributed by atoms with Crippen molar-refractivity contribution in [3.63, 3.8) is 0 Å². The number of benzene rings is 2. The fourth-order valence-electron chi connectivity index (χ4n) is 6.27. The maximum Gasteiger partial charge on any atom is 0.324 e. The van der Waals surface area contributed by atoms with Gasteiger partial charge in [-0.3, -0.25) is 24.2 Å². The minimum Gasteiger partial charge on any atom is -0.374 e. The summed E-state index contributed by atoms with van der Waals surface area (Å²) in [7, 11) is 0. The number of aliphatic hydroxyl groups excluding tert-OH is 1. The number of aliphatic hydroxyl groups is 1. The number of anilines is 2. The van der Waals surface area contributed by atoms with Crippen LogP contribution in [0.1, 0.15) is 52.8 Å². The molecule has 3 fully saturated rings. The molecule has 2 atom stereocenters. The highest BCUT2D eigenvalue weighted by molar-refractivity contribution is 9.10. The molecule has 6 rings (SSSR count). The minimum atomic E-state index is -0.952. The van der Waals surface area contributed by atoms with Crippen molar-refractivity contribution in [2.45, 2.75) is 44.4 Å². The predicted octanol–water partition coefficient (Wildman–Crippen LogP) is 3.19. The average molecular weight is 611 g/mol. The van der Waals surface area contributed by atoms with E-state index < -0.39 is 30.0 Å². The van der Waals surface area contributed by atoms with Crippen LogP contribution >= 0.6 is 15.9 Å². The monoisotopic (exact) mass is 609 g/mol. The first kappa shape index (κ1) is 26.8. The number of rotatable bonds is 5. The van der Waals surface area contributed by atoms with Crippen molar-refractivity contribution in [3.05, 3.63) is 58.1 Å². The Labute approximate surface area is 241 Å². The van der Waals surface area contributed by atoms with E-state index in [1.165, 1.54) is 0 Å². The number of fused-ring (bicyclic) bond motifs is 1.